The number of hydrogen-bond donors (Lipinski definition) is 2. The molecule has 58 valence electrons. The maximum atomic E-state index is 9.04. The van der Waals surface area contributed by atoms with Crippen molar-refractivity contribution in [3.05, 3.63) is 10.1 Å². The monoisotopic (exact) mass is 191 g/mol. The zero-order chi connectivity index (χ0) is 8.73. The fourth-order valence-electron chi connectivity index (χ4n) is 0. The van der Waals surface area contributed by atoms with Crippen LogP contribution in [0.2, 0.25) is 0 Å². The summed E-state index contributed by atoms with van der Waals surface area (Å²) in [7, 11) is 0. The Bertz CT molecular complexity index is 139. The molecule has 0 aliphatic heterocycles. The topological polar surface area (TPSA) is 141 Å². The van der Waals surface area contributed by atoms with Crippen molar-refractivity contribution in [3.63, 3.8) is 0 Å². The molecule has 0 aliphatic rings. The van der Waals surface area contributed by atoms with Crippen LogP contribution in [-0.4, -0.2) is 27.3 Å². The van der Waals surface area contributed by atoms with Crippen LogP contribution in [-0.2, 0) is 9.59 Å². The van der Waals surface area contributed by atoms with Crippen molar-refractivity contribution in [1.82, 2.24) is 0 Å². The van der Waals surface area contributed by atoms with Crippen molar-refractivity contribution in [2.75, 3.05) is 0 Å². The smallest absolute Gasteiger partial charge is 0.539 e. The molecule has 0 saturated carbocycles. The first-order valence-electron chi connectivity index (χ1n) is 1.65. The molecule has 0 atom stereocenters. The number of rotatable bonds is 0. The van der Waals surface area contributed by atoms with Crippen LogP contribution < -0.4 is 56.5 Å². The molecule has 0 unspecified atom stereocenters. The fourth-order valence-corrected chi connectivity index (χ4v) is 0. The number of carbonyl (C=O) groups is 2. The van der Waals surface area contributed by atoms with Gasteiger partial charge in [0, 0.05) is 0 Å². The van der Waals surface area contributed by atoms with E-state index in [0.29, 0.717) is 0 Å². The molecule has 0 rings (SSSR count). The van der Waals surface area contributed by atoms with E-state index >= 15 is 0 Å². The summed E-state index contributed by atoms with van der Waals surface area (Å²) < 4.78 is 0. The maximum absolute atomic E-state index is 9.04. The predicted molar refractivity (Wildman–Crippen MR) is 21.4 cm³/mol. The Balaban J connectivity index is -0.000000114. The van der Waals surface area contributed by atoms with Crippen molar-refractivity contribution in [1.29, 1.82) is 0 Å². The Hall–Kier alpha value is -0.224. The molecular formula is C2H2KNO7. The molecule has 0 spiro atoms. The van der Waals surface area contributed by atoms with Gasteiger partial charge in [-0.05, 0) is 0 Å². The third-order valence-electron chi connectivity index (χ3n) is 0.175. The van der Waals surface area contributed by atoms with Crippen LogP contribution in [0.3, 0.4) is 0 Å². The summed E-state index contributed by atoms with van der Waals surface area (Å²) >= 11 is 0. The van der Waals surface area contributed by atoms with E-state index in [2.05, 4.69) is 0 Å². The second-order valence-corrected chi connectivity index (χ2v) is 0.830. The van der Waals surface area contributed by atoms with Crippen molar-refractivity contribution < 1.29 is 81.5 Å². The summed E-state index contributed by atoms with van der Waals surface area (Å²) in [6, 6.07) is 0. The largest absolute Gasteiger partial charge is 1.00 e. The molecule has 9 heteroatoms. The van der Waals surface area contributed by atoms with Gasteiger partial charge in [-0.25, -0.2) is 4.79 Å². The number of carbonyl (C=O) groups excluding carboxylic acids is 1. The van der Waals surface area contributed by atoms with Gasteiger partial charge >= 0.3 is 57.4 Å². The Morgan fingerprint density at radius 2 is 1.45 bits per heavy atom. The van der Waals surface area contributed by atoms with E-state index in [1.165, 1.54) is 0 Å². The summed E-state index contributed by atoms with van der Waals surface area (Å²) in [5, 5.41) is 30.0. The van der Waals surface area contributed by atoms with E-state index in [4.69, 9.17) is 35.1 Å². The second kappa shape index (κ2) is 9.78. The standard InChI is InChI=1S/C2H2O4.K.HNO3/c3-1(4)2(5)6;;2-1(3)4/h(H,3,4)(H,5,6);;(H,2,3,4)/q;+1;/p-1. The van der Waals surface area contributed by atoms with Crippen LogP contribution in [0.5, 0.6) is 0 Å². The summed E-state index contributed by atoms with van der Waals surface area (Å²) in [6.07, 6.45) is 0. The molecule has 0 bridgehead atoms. The molecular weight excluding hydrogens is 189 g/mol. The van der Waals surface area contributed by atoms with Gasteiger partial charge in [-0.15, -0.1) is 10.1 Å². The molecule has 0 heterocycles. The third-order valence-corrected chi connectivity index (χ3v) is 0.175. The second-order valence-electron chi connectivity index (χ2n) is 0.830. The Morgan fingerprint density at radius 1 is 1.36 bits per heavy atom. The molecule has 11 heavy (non-hydrogen) atoms. The normalized spacial score (nSPS) is 6.18. The Kier molecular flexibility index (Phi) is 15.1. The molecule has 8 nitrogen and oxygen atoms in total. The zero-order valence-corrected chi connectivity index (χ0v) is 8.51. The zero-order valence-electron chi connectivity index (χ0n) is 5.38. The van der Waals surface area contributed by atoms with E-state index in [0.717, 1.165) is 0 Å². The van der Waals surface area contributed by atoms with E-state index in [9.17, 15) is 0 Å². The minimum Gasteiger partial charge on any atom is -0.539 e. The molecule has 0 aliphatic carbocycles. The average Bonchev–Trinajstić information content (AvgIpc) is 1.63. The number of aliphatic carboxylic acids is 2. The van der Waals surface area contributed by atoms with Gasteiger partial charge in [0.05, 0.1) is 0 Å². The summed E-state index contributed by atoms with van der Waals surface area (Å²) in [4.78, 5) is 26.4. The SMILES string of the molecule is O=C([O-])C(=O)O.O=[N+]([O-])O.[K+]. The first-order chi connectivity index (χ1) is 4.37. The quantitative estimate of drug-likeness (QED) is 0.168. The first-order valence-corrected chi connectivity index (χ1v) is 1.65. The summed E-state index contributed by atoms with van der Waals surface area (Å²) in [5.41, 5.74) is 0. The van der Waals surface area contributed by atoms with Crippen molar-refractivity contribution >= 4 is 11.9 Å². The van der Waals surface area contributed by atoms with Gasteiger partial charge in [0.25, 0.3) is 5.09 Å². The number of carboxylic acid groups (broad SMARTS) is 2. The first kappa shape index (κ1) is 17.0. The summed E-state index contributed by atoms with van der Waals surface area (Å²) in [6.45, 7) is 0. The number of hydrogen-bond acceptors (Lipinski definition) is 5. The van der Waals surface area contributed by atoms with Gasteiger partial charge < -0.3 is 20.2 Å². The third kappa shape index (κ3) is 41.5. The summed E-state index contributed by atoms with van der Waals surface area (Å²) in [5.74, 6) is -4.01. The van der Waals surface area contributed by atoms with Gasteiger partial charge in [0.2, 0.25) is 0 Å². The van der Waals surface area contributed by atoms with E-state index in [1.54, 1.807) is 0 Å². The fraction of sp³-hybridized carbons (Fsp3) is 0. The maximum Gasteiger partial charge on any atom is 1.00 e. The van der Waals surface area contributed by atoms with Crippen molar-refractivity contribution in [2.24, 2.45) is 0 Å². The minimum atomic E-state index is -2.07. The van der Waals surface area contributed by atoms with Crippen LogP contribution >= 0.6 is 0 Å². The van der Waals surface area contributed by atoms with Gasteiger partial charge in [-0.3, -0.25) is 0 Å². The number of nitrogens with zero attached hydrogens (tertiary/aromatic N) is 1. The van der Waals surface area contributed by atoms with Gasteiger partial charge in [0.1, 0.15) is 0 Å². The van der Waals surface area contributed by atoms with Crippen molar-refractivity contribution in [2.45, 2.75) is 0 Å². The van der Waals surface area contributed by atoms with Gasteiger partial charge in [0.15, 0.2) is 5.97 Å². The van der Waals surface area contributed by atoms with Gasteiger partial charge in [-0.1, -0.05) is 0 Å². The van der Waals surface area contributed by atoms with E-state index < -0.39 is 17.0 Å². The molecule has 0 aromatic heterocycles. The van der Waals surface area contributed by atoms with Crippen LogP contribution in [0.4, 0.5) is 0 Å². The Morgan fingerprint density at radius 3 is 1.45 bits per heavy atom. The van der Waals surface area contributed by atoms with Crippen LogP contribution in [0.15, 0.2) is 0 Å². The predicted octanol–water partition coefficient (Wildman–Crippen LogP) is -5.52. The molecule has 0 amide bonds. The molecule has 0 saturated heterocycles. The average molecular weight is 191 g/mol. The van der Waals surface area contributed by atoms with Crippen molar-refractivity contribution in [3.8, 4) is 0 Å². The molecule has 0 aromatic rings. The molecule has 0 radical (unpaired) electrons. The van der Waals surface area contributed by atoms with E-state index in [-0.39, 0.29) is 51.4 Å². The Labute approximate surface area is 102 Å². The molecule has 0 aromatic carbocycles. The minimum absolute atomic E-state index is 0. The van der Waals surface area contributed by atoms with Crippen LogP contribution in [0, 0.1) is 10.1 Å². The van der Waals surface area contributed by atoms with Crippen LogP contribution in [0.25, 0.3) is 0 Å². The number of carboxylic acids is 2. The molecule has 0 fully saturated rings. The van der Waals surface area contributed by atoms with Crippen LogP contribution in [0.1, 0.15) is 0 Å². The molecule has 2 N–H and O–H groups in total. The van der Waals surface area contributed by atoms with E-state index in [1.807, 2.05) is 0 Å². The van der Waals surface area contributed by atoms with Gasteiger partial charge in [-0.2, -0.15) is 0 Å².